The smallest absolute Gasteiger partial charge is 0.258 e. The van der Waals surface area contributed by atoms with E-state index in [0.29, 0.717) is 12.3 Å². The minimum Gasteiger partial charge on any atom is -0.258 e. The number of benzene rings is 3. The molecule has 162 valence electrons. The van der Waals surface area contributed by atoms with Crippen LogP contribution < -0.4 is 5.01 Å². The van der Waals surface area contributed by atoms with Gasteiger partial charge in [0.25, 0.3) is 11.4 Å². The summed E-state index contributed by atoms with van der Waals surface area (Å²) in [5.74, 6) is 0.422. The molecular weight excluding hydrogens is 408 g/mol. The van der Waals surface area contributed by atoms with Crippen molar-refractivity contribution in [3.8, 4) is 0 Å². The third-order valence-corrected chi connectivity index (χ3v) is 5.63. The van der Waals surface area contributed by atoms with Crippen LogP contribution in [0.2, 0.25) is 0 Å². The fraction of sp³-hybridized carbons (Fsp3) is 0.208. The Bertz CT molecular complexity index is 1170. The highest BCUT2D eigenvalue weighted by Gasteiger charge is 2.30. The zero-order valence-corrected chi connectivity index (χ0v) is 17.7. The van der Waals surface area contributed by atoms with Gasteiger partial charge in [-0.2, -0.15) is 5.10 Å². The third-order valence-electron chi connectivity index (χ3n) is 5.63. The fourth-order valence-electron chi connectivity index (χ4n) is 3.79. The SMILES string of the molecule is CC(C)c1ccc([C@@H]2CC(c3ccc([N+](=O)[O-])cc3)=NN2c2ccc([N+](=O)[O-])cc2)cc1. The first-order valence-electron chi connectivity index (χ1n) is 10.3. The number of rotatable bonds is 6. The quantitative estimate of drug-likeness (QED) is 0.353. The molecule has 32 heavy (non-hydrogen) atoms. The zero-order chi connectivity index (χ0) is 22.8. The highest BCUT2D eigenvalue weighted by Crippen LogP contribution is 2.37. The number of anilines is 1. The minimum absolute atomic E-state index is 0.0188. The molecule has 0 aliphatic carbocycles. The molecule has 8 heteroatoms. The van der Waals surface area contributed by atoms with E-state index in [9.17, 15) is 20.2 Å². The molecule has 3 aromatic rings. The molecule has 1 atom stereocenters. The van der Waals surface area contributed by atoms with Crippen LogP contribution in [-0.4, -0.2) is 15.6 Å². The molecule has 0 saturated heterocycles. The van der Waals surface area contributed by atoms with Crippen LogP contribution >= 0.6 is 0 Å². The molecule has 1 aliphatic heterocycles. The van der Waals surface area contributed by atoms with Crippen molar-refractivity contribution in [1.29, 1.82) is 0 Å². The van der Waals surface area contributed by atoms with E-state index in [-0.39, 0.29) is 17.4 Å². The maximum Gasteiger partial charge on any atom is 0.269 e. The standard InChI is InChI=1S/C24H22N4O4/c1-16(2)17-3-5-19(6-4-17)24-15-23(18-7-9-21(10-8-18)27(29)30)25-26(24)20-11-13-22(14-12-20)28(31)32/h3-14,16,24H,15H2,1-2H3/t24-/m0/s1. The highest BCUT2D eigenvalue weighted by atomic mass is 16.6. The molecular formula is C24H22N4O4. The van der Waals surface area contributed by atoms with Crippen molar-refractivity contribution >= 4 is 22.8 Å². The molecule has 4 rings (SSSR count). The molecule has 0 aromatic heterocycles. The van der Waals surface area contributed by atoms with Gasteiger partial charge >= 0.3 is 0 Å². The van der Waals surface area contributed by atoms with Crippen molar-refractivity contribution < 1.29 is 9.85 Å². The first kappa shape index (κ1) is 21.2. The lowest BCUT2D eigenvalue weighted by Crippen LogP contribution is -2.18. The average Bonchev–Trinajstić information content (AvgIpc) is 3.24. The van der Waals surface area contributed by atoms with Gasteiger partial charge in [-0.25, -0.2) is 0 Å². The van der Waals surface area contributed by atoms with Crippen LogP contribution in [0.3, 0.4) is 0 Å². The van der Waals surface area contributed by atoms with E-state index >= 15 is 0 Å². The topological polar surface area (TPSA) is 102 Å². The van der Waals surface area contributed by atoms with Crippen molar-refractivity contribution in [2.45, 2.75) is 32.2 Å². The van der Waals surface area contributed by atoms with E-state index < -0.39 is 9.85 Å². The molecule has 1 heterocycles. The molecule has 0 N–H and O–H groups in total. The number of nitro benzene ring substituents is 2. The molecule has 0 fully saturated rings. The summed E-state index contributed by atoms with van der Waals surface area (Å²) in [4.78, 5) is 21.2. The highest BCUT2D eigenvalue weighted by molar-refractivity contribution is 6.03. The molecule has 0 bridgehead atoms. The minimum atomic E-state index is -0.429. The lowest BCUT2D eigenvalue weighted by Gasteiger charge is -2.24. The first-order valence-corrected chi connectivity index (χ1v) is 10.3. The van der Waals surface area contributed by atoms with E-state index in [1.165, 1.54) is 29.8 Å². The molecule has 1 aliphatic rings. The van der Waals surface area contributed by atoms with Gasteiger partial charge in [-0.05, 0) is 46.9 Å². The van der Waals surface area contributed by atoms with Crippen molar-refractivity contribution in [3.63, 3.8) is 0 Å². The van der Waals surface area contributed by atoms with Crippen molar-refractivity contribution in [2.75, 3.05) is 5.01 Å². The van der Waals surface area contributed by atoms with E-state index in [4.69, 9.17) is 5.10 Å². The van der Waals surface area contributed by atoms with Crippen LogP contribution in [-0.2, 0) is 0 Å². The Kier molecular flexibility index (Phi) is 5.68. The van der Waals surface area contributed by atoms with Gasteiger partial charge in [-0.15, -0.1) is 0 Å². The predicted molar refractivity (Wildman–Crippen MR) is 123 cm³/mol. The second-order valence-corrected chi connectivity index (χ2v) is 8.01. The molecule has 0 radical (unpaired) electrons. The number of hydrazone groups is 1. The Labute approximate surface area is 185 Å². The van der Waals surface area contributed by atoms with Gasteiger partial charge in [-0.1, -0.05) is 38.1 Å². The largest absolute Gasteiger partial charge is 0.269 e. The van der Waals surface area contributed by atoms with Crippen LogP contribution in [0.15, 0.2) is 77.9 Å². The molecule has 3 aromatic carbocycles. The maximum atomic E-state index is 11.0. The summed E-state index contributed by atoms with van der Waals surface area (Å²) in [6, 6.07) is 21.0. The average molecular weight is 430 g/mol. The fourth-order valence-corrected chi connectivity index (χ4v) is 3.79. The van der Waals surface area contributed by atoms with Gasteiger partial charge in [0.1, 0.15) is 0 Å². The van der Waals surface area contributed by atoms with Crippen molar-refractivity contribution in [2.24, 2.45) is 5.10 Å². The summed E-state index contributed by atoms with van der Waals surface area (Å²) in [5.41, 5.74) is 4.72. The first-order chi connectivity index (χ1) is 15.3. The summed E-state index contributed by atoms with van der Waals surface area (Å²) in [6.07, 6.45) is 0.607. The predicted octanol–water partition coefficient (Wildman–Crippen LogP) is 5.98. The Morgan fingerprint density at radius 2 is 1.38 bits per heavy atom. The number of hydrogen-bond acceptors (Lipinski definition) is 6. The van der Waals surface area contributed by atoms with Crippen molar-refractivity contribution in [3.05, 3.63) is 110 Å². The van der Waals surface area contributed by atoms with Crippen LogP contribution in [0.1, 0.15) is 48.9 Å². The third kappa shape index (κ3) is 4.20. The maximum absolute atomic E-state index is 11.0. The van der Waals surface area contributed by atoms with E-state index in [2.05, 4.69) is 38.1 Å². The van der Waals surface area contributed by atoms with Crippen LogP contribution in [0.25, 0.3) is 0 Å². The zero-order valence-electron chi connectivity index (χ0n) is 17.7. The Hall–Kier alpha value is -4.07. The van der Waals surface area contributed by atoms with Gasteiger partial charge in [0.15, 0.2) is 0 Å². The number of nitro groups is 2. The van der Waals surface area contributed by atoms with Gasteiger partial charge in [0, 0.05) is 30.7 Å². The van der Waals surface area contributed by atoms with Crippen LogP contribution in [0.5, 0.6) is 0 Å². The lowest BCUT2D eigenvalue weighted by atomic mass is 9.95. The van der Waals surface area contributed by atoms with Crippen LogP contribution in [0.4, 0.5) is 17.1 Å². The summed E-state index contributed by atoms with van der Waals surface area (Å²) < 4.78 is 0. The lowest BCUT2D eigenvalue weighted by molar-refractivity contribution is -0.385. The van der Waals surface area contributed by atoms with Crippen LogP contribution in [0, 0.1) is 20.2 Å². The summed E-state index contributed by atoms with van der Waals surface area (Å²) in [5, 5.41) is 28.7. The summed E-state index contributed by atoms with van der Waals surface area (Å²) in [7, 11) is 0. The Balaban J connectivity index is 1.71. The molecule has 0 saturated carbocycles. The van der Waals surface area contributed by atoms with E-state index in [1.54, 1.807) is 24.3 Å². The second kappa shape index (κ2) is 8.58. The molecule has 0 spiro atoms. The summed E-state index contributed by atoms with van der Waals surface area (Å²) in [6.45, 7) is 4.28. The number of hydrogen-bond donors (Lipinski definition) is 0. The Morgan fingerprint density at radius 3 is 1.88 bits per heavy atom. The van der Waals surface area contributed by atoms with Gasteiger partial charge in [0.2, 0.25) is 0 Å². The number of non-ortho nitro benzene ring substituents is 2. The van der Waals surface area contributed by atoms with Gasteiger partial charge in [-0.3, -0.25) is 25.2 Å². The normalized spacial score (nSPS) is 15.7. The second-order valence-electron chi connectivity index (χ2n) is 8.01. The van der Waals surface area contributed by atoms with Crippen molar-refractivity contribution in [1.82, 2.24) is 0 Å². The Morgan fingerprint density at radius 1 is 0.844 bits per heavy atom. The van der Waals surface area contributed by atoms with E-state index in [0.717, 1.165) is 22.5 Å². The molecule has 8 nitrogen and oxygen atoms in total. The monoisotopic (exact) mass is 430 g/mol. The van der Waals surface area contributed by atoms with E-state index in [1.807, 2.05) is 5.01 Å². The molecule has 0 amide bonds. The number of nitrogens with zero attached hydrogens (tertiary/aromatic N) is 4. The summed E-state index contributed by atoms with van der Waals surface area (Å²) >= 11 is 0. The molecule has 0 unspecified atom stereocenters. The van der Waals surface area contributed by atoms with Gasteiger partial charge < -0.3 is 0 Å². The van der Waals surface area contributed by atoms with Gasteiger partial charge in [0.05, 0.1) is 27.3 Å².